The van der Waals surface area contributed by atoms with Gasteiger partial charge >= 0.3 is 0 Å². The quantitative estimate of drug-likeness (QED) is 0.239. The predicted molar refractivity (Wildman–Crippen MR) is 79.8 cm³/mol. The Labute approximate surface area is 120 Å². The zero-order chi connectivity index (χ0) is 14.8. The Bertz CT molecular complexity index is 405. The van der Waals surface area contributed by atoms with Crippen molar-refractivity contribution in [3.05, 3.63) is 30.1 Å². The summed E-state index contributed by atoms with van der Waals surface area (Å²) in [5, 5.41) is 11.8. The lowest BCUT2D eigenvalue weighted by molar-refractivity contribution is 0.131. The monoisotopic (exact) mass is 279 g/mol. The lowest BCUT2D eigenvalue weighted by atomic mass is 9.86. The second-order valence-electron chi connectivity index (χ2n) is 5.51. The van der Waals surface area contributed by atoms with Crippen molar-refractivity contribution in [3.63, 3.8) is 0 Å². The summed E-state index contributed by atoms with van der Waals surface area (Å²) in [5.41, 5.74) is 6.43. The molecule has 0 aliphatic rings. The molecule has 0 unspecified atom stereocenters. The van der Waals surface area contributed by atoms with E-state index < -0.39 is 0 Å². The molecule has 0 aromatic carbocycles. The Balaban J connectivity index is 2.06. The van der Waals surface area contributed by atoms with Gasteiger partial charge in [-0.25, -0.2) is 0 Å². The van der Waals surface area contributed by atoms with Crippen molar-refractivity contribution < 1.29 is 9.94 Å². The fourth-order valence-corrected chi connectivity index (χ4v) is 1.86. The lowest BCUT2D eigenvalue weighted by Crippen LogP contribution is -2.31. The average molecular weight is 279 g/mol. The molecule has 1 heterocycles. The van der Waals surface area contributed by atoms with Crippen LogP contribution in [0.4, 0.5) is 0 Å². The van der Waals surface area contributed by atoms with Gasteiger partial charge in [0.2, 0.25) is 0 Å². The van der Waals surface area contributed by atoms with Crippen molar-refractivity contribution in [1.82, 2.24) is 4.98 Å². The minimum absolute atomic E-state index is 0.261. The molecule has 0 saturated heterocycles. The first-order valence-electron chi connectivity index (χ1n) is 7.02. The van der Waals surface area contributed by atoms with Crippen LogP contribution < -0.4 is 5.73 Å². The van der Waals surface area contributed by atoms with Gasteiger partial charge in [-0.1, -0.05) is 31.5 Å². The highest BCUT2D eigenvalue weighted by atomic mass is 16.5. The number of unbranched alkanes of at least 4 members (excludes halogenated alkanes) is 1. The molecular weight excluding hydrogens is 254 g/mol. The van der Waals surface area contributed by atoms with E-state index in [0.29, 0.717) is 6.61 Å². The molecule has 0 spiro atoms. The van der Waals surface area contributed by atoms with Crippen LogP contribution in [-0.4, -0.2) is 29.2 Å². The van der Waals surface area contributed by atoms with E-state index in [1.54, 1.807) is 6.20 Å². The van der Waals surface area contributed by atoms with Gasteiger partial charge in [0, 0.05) is 30.3 Å². The summed E-state index contributed by atoms with van der Waals surface area (Å²) in [6, 6.07) is 5.90. The van der Waals surface area contributed by atoms with E-state index in [0.717, 1.165) is 38.0 Å². The summed E-state index contributed by atoms with van der Waals surface area (Å²) >= 11 is 0. The normalized spacial score (nSPS) is 12.6. The van der Waals surface area contributed by atoms with E-state index in [2.05, 4.69) is 10.1 Å². The van der Waals surface area contributed by atoms with Gasteiger partial charge in [-0.2, -0.15) is 0 Å². The third-order valence-electron chi connectivity index (χ3n) is 3.37. The summed E-state index contributed by atoms with van der Waals surface area (Å²) in [5.74, 6) is 0.286. The number of nitrogens with zero attached hydrogens (tertiary/aromatic N) is 2. The van der Waals surface area contributed by atoms with Crippen LogP contribution in [0.15, 0.2) is 29.6 Å². The third kappa shape index (κ3) is 6.02. The molecule has 5 heteroatoms. The van der Waals surface area contributed by atoms with Gasteiger partial charge in [0.1, 0.15) is 5.84 Å². The first-order valence-corrected chi connectivity index (χ1v) is 7.02. The number of hydrogen-bond acceptors (Lipinski definition) is 4. The molecule has 0 saturated carbocycles. The molecule has 0 fully saturated rings. The van der Waals surface area contributed by atoms with Crippen LogP contribution in [0, 0.1) is 5.41 Å². The Hall–Kier alpha value is -1.62. The Kier molecular flexibility index (Phi) is 7.01. The summed E-state index contributed by atoms with van der Waals surface area (Å²) in [7, 11) is 0. The fraction of sp³-hybridized carbons (Fsp3) is 0.600. The van der Waals surface area contributed by atoms with Crippen LogP contribution in [0.2, 0.25) is 0 Å². The Morgan fingerprint density at radius 1 is 1.35 bits per heavy atom. The zero-order valence-electron chi connectivity index (χ0n) is 12.4. The molecule has 112 valence electrons. The van der Waals surface area contributed by atoms with Crippen molar-refractivity contribution in [2.45, 2.75) is 39.5 Å². The Morgan fingerprint density at radius 3 is 2.80 bits per heavy atom. The van der Waals surface area contributed by atoms with Crippen molar-refractivity contribution in [2.24, 2.45) is 16.3 Å². The number of pyridine rings is 1. The number of nitrogens with two attached hydrogens (primary N) is 1. The first-order chi connectivity index (χ1) is 9.56. The second-order valence-corrected chi connectivity index (χ2v) is 5.51. The molecule has 1 aromatic rings. The number of hydrogen-bond donors (Lipinski definition) is 2. The van der Waals surface area contributed by atoms with E-state index in [1.165, 1.54) is 0 Å². The maximum atomic E-state index is 8.68. The van der Waals surface area contributed by atoms with Crippen LogP contribution in [0.1, 0.15) is 38.8 Å². The van der Waals surface area contributed by atoms with Crippen molar-refractivity contribution in [1.29, 1.82) is 0 Å². The SMILES string of the molecule is CC(C)(CCCCOCCc1ccccn1)/C(N)=N/O. The Morgan fingerprint density at radius 2 is 2.15 bits per heavy atom. The summed E-state index contributed by atoms with van der Waals surface area (Å²) < 4.78 is 5.59. The first kappa shape index (κ1) is 16.4. The molecule has 0 aliphatic heterocycles. The van der Waals surface area contributed by atoms with E-state index in [-0.39, 0.29) is 11.3 Å². The number of oxime groups is 1. The molecule has 0 atom stereocenters. The maximum Gasteiger partial charge on any atom is 0.144 e. The van der Waals surface area contributed by atoms with Crippen LogP contribution in [0.5, 0.6) is 0 Å². The largest absolute Gasteiger partial charge is 0.409 e. The van der Waals surface area contributed by atoms with Crippen molar-refractivity contribution in [3.8, 4) is 0 Å². The molecule has 5 nitrogen and oxygen atoms in total. The van der Waals surface area contributed by atoms with Gasteiger partial charge < -0.3 is 15.7 Å². The second kappa shape index (κ2) is 8.53. The summed E-state index contributed by atoms with van der Waals surface area (Å²) in [4.78, 5) is 4.24. The van der Waals surface area contributed by atoms with Gasteiger partial charge in [-0.3, -0.25) is 4.98 Å². The smallest absolute Gasteiger partial charge is 0.144 e. The molecule has 0 radical (unpaired) electrons. The van der Waals surface area contributed by atoms with Crippen molar-refractivity contribution in [2.75, 3.05) is 13.2 Å². The highest BCUT2D eigenvalue weighted by Gasteiger charge is 2.22. The van der Waals surface area contributed by atoms with Crippen LogP contribution in [0.3, 0.4) is 0 Å². The van der Waals surface area contributed by atoms with E-state index in [1.807, 2.05) is 32.0 Å². The number of rotatable bonds is 9. The minimum Gasteiger partial charge on any atom is -0.409 e. The van der Waals surface area contributed by atoms with Gasteiger partial charge in [-0.05, 0) is 25.0 Å². The molecule has 20 heavy (non-hydrogen) atoms. The van der Waals surface area contributed by atoms with Crippen molar-refractivity contribution >= 4 is 5.84 Å². The number of ether oxygens (including phenoxy) is 1. The van der Waals surface area contributed by atoms with Gasteiger partial charge in [0.05, 0.1) is 6.61 Å². The standard InChI is InChI=1S/C15H25N3O2/c1-15(2,14(16)18-19)9-4-6-11-20-12-8-13-7-3-5-10-17-13/h3,5,7,10,19H,4,6,8-9,11-12H2,1-2H3,(H2,16,18). The van der Waals surface area contributed by atoms with Gasteiger partial charge in [0.25, 0.3) is 0 Å². The zero-order valence-corrected chi connectivity index (χ0v) is 12.4. The number of aromatic nitrogens is 1. The molecule has 3 N–H and O–H groups in total. The average Bonchev–Trinajstić information content (AvgIpc) is 2.46. The predicted octanol–water partition coefficient (Wildman–Crippen LogP) is 2.58. The minimum atomic E-state index is -0.261. The lowest BCUT2D eigenvalue weighted by Gasteiger charge is -2.22. The molecule has 1 aromatic heterocycles. The van der Waals surface area contributed by atoms with E-state index in [4.69, 9.17) is 15.7 Å². The maximum absolute atomic E-state index is 8.68. The third-order valence-corrected chi connectivity index (χ3v) is 3.37. The topological polar surface area (TPSA) is 80.7 Å². The summed E-state index contributed by atoms with van der Waals surface area (Å²) in [6.45, 7) is 5.38. The van der Waals surface area contributed by atoms with E-state index in [9.17, 15) is 0 Å². The van der Waals surface area contributed by atoms with E-state index >= 15 is 0 Å². The molecule has 0 aliphatic carbocycles. The molecule has 0 bridgehead atoms. The highest BCUT2D eigenvalue weighted by Crippen LogP contribution is 2.23. The molecular formula is C15H25N3O2. The summed E-state index contributed by atoms with van der Waals surface area (Å²) in [6.07, 6.45) is 5.49. The van der Waals surface area contributed by atoms with Crippen LogP contribution in [0.25, 0.3) is 0 Å². The highest BCUT2D eigenvalue weighted by molar-refractivity contribution is 5.85. The molecule has 1 rings (SSSR count). The number of amidine groups is 1. The van der Waals surface area contributed by atoms with Crippen LogP contribution in [-0.2, 0) is 11.2 Å². The molecule has 0 amide bonds. The van der Waals surface area contributed by atoms with Gasteiger partial charge in [-0.15, -0.1) is 0 Å². The van der Waals surface area contributed by atoms with Crippen LogP contribution >= 0.6 is 0 Å². The fourth-order valence-electron chi connectivity index (χ4n) is 1.86. The van der Waals surface area contributed by atoms with Gasteiger partial charge in [0.15, 0.2) is 0 Å².